The van der Waals surface area contributed by atoms with Crippen LogP contribution in [0.2, 0.25) is 0 Å². The molecule has 0 saturated carbocycles. The summed E-state index contributed by atoms with van der Waals surface area (Å²) in [7, 11) is 0. The second kappa shape index (κ2) is 5.73. The summed E-state index contributed by atoms with van der Waals surface area (Å²) in [6.45, 7) is 12.3. The van der Waals surface area contributed by atoms with E-state index in [1.807, 2.05) is 6.92 Å². The van der Waals surface area contributed by atoms with E-state index in [2.05, 4.69) is 45.9 Å². The van der Waals surface area contributed by atoms with Crippen molar-refractivity contribution in [3.8, 4) is 0 Å². The Hall–Kier alpha value is -1.05. The lowest BCUT2D eigenvalue weighted by atomic mass is 9.77. The smallest absolute Gasteiger partial charge is 0.302 e. The van der Waals surface area contributed by atoms with E-state index < -0.39 is 0 Å². The largest absolute Gasteiger partial charge is 0.462 e. The second-order valence-electron chi connectivity index (χ2n) is 6.01. The fraction of sp³-hybridized carbons (Fsp3) is 0.688. The standard InChI is InChI=1S/C16H26O2/c1-11(13(3)18-14(4)17)7-9-15-10-8-12(2)16(15,5)6/h7-9,11,13,15H,10H2,1-6H3/b9-7+. The van der Waals surface area contributed by atoms with Crippen LogP contribution in [0.1, 0.15) is 48.0 Å². The highest BCUT2D eigenvalue weighted by molar-refractivity contribution is 5.66. The Morgan fingerprint density at radius 1 is 1.50 bits per heavy atom. The first-order chi connectivity index (χ1) is 8.25. The Labute approximate surface area is 111 Å². The number of rotatable bonds is 4. The number of carbonyl (C=O) groups excluding carboxylic acids is 1. The maximum atomic E-state index is 10.9. The van der Waals surface area contributed by atoms with E-state index in [1.54, 1.807) is 0 Å². The van der Waals surface area contributed by atoms with E-state index in [1.165, 1.54) is 12.5 Å². The molecule has 0 aliphatic heterocycles. The van der Waals surface area contributed by atoms with Crippen LogP contribution in [0.25, 0.3) is 0 Å². The zero-order chi connectivity index (χ0) is 13.9. The number of carbonyl (C=O) groups is 1. The minimum atomic E-state index is -0.207. The average molecular weight is 250 g/mol. The number of esters is 1. The second-order valence-corrected chi connectivity index (χ2v) is 6.01. The summed E-state index contributed by atoms with van der Waals surface area (Å²) in [6, 6.07) is 0. The van der Waals surface area contributed by atoms with Gasteiger partial charge in [-0.1, -0.05) is 44.6 Å². The van der Waals surface area contributed by atoms with Gasteiger partial charge in [0, 0.05) is 12.8 Å². The summed E-state index contributed by atoms with van der Waals surface area (Å²) < 4.78 is 5.20. The van der Waals surface area contributed by atoms with Crippen molar-refractivity contribution >= 4 is 5.97 Å². The molecule has 1 aliphatic rings. The SMILES string of the molecule is CC(=O)OC(C)C(C)/C=C/C1CC=C(C)C1(C)C. The van der Waals surface area contributed by atoms with Crippen LogP contribution in [0.5, 0.6) is 0 Å². The number of allylic oxidation sites excluding steroid dienone is 3. The van der Waals surface area contributed by atoms with Crippen molar-refractivity contribution in [2.24, 2.45) is 17.3 Å². The third-order valence-corrected chi connectivity index (χ3v) is 4.36. The number of ether oxygens (including phenoxy) is 1. The van der Waals surface area contributed by atoms with Gasteiger partial charge < -0.3 is 4.74 Å². The first-order valence-electron chi connectivity index (χ1n) is 6.78. The molecule has 1 aliphatic carbocycles. The fourth-order valence-corrected chi connectivity index (χ4v) is 2.31. The van der Waals surface area contributed by atoms with Gasteiger partial charge in [0.05, 0.1) is 0 Å². The molecule has 3 atom stereocenters. The monoisotopic (exact) mass is 250 g/mol. The molecular weight excluding hydrogens is 224 g/mol. The third-order valence-electron chi connectivity index (χ3n) is 4.36. The molecule has 0 heterocycles. The van der Waals surface area contributed by atoms with Crippen LogP contribution in [0.4, 0.5) is 0 Å². The quantitative estimate of drug-likeness (QED) is 0.554. The summed E-state index contributed by atoms with van der Waals surface area (Å²) in [5, 5.41) is 0. The van der Waals surface area contributed by atoms with E-state index in [9.17, 15) is 4.79 Å². The molecule has 2 heteroatoms. The zero-order valence-electron chi connectivity index (χ0n) is 12.5. The van der Waals surface area contributed by atoms with Crippen LogP contribution >= 0.6 is 0 Å². The molecule has 0 aromatic rings. The summed E-state index contributed by atoms with van der Waals surface area (Å²) in [6.07, 6.45) is 7.86. The number of hydrogen-bond donors (Lipinski definition) is 0. The molecule has 102 valence electrons. The van der Waals surface area contributed by atoms with Gasteiger partial charge in [-0.15, -0.1) is 0 Å². The highest BCUT2D eigenvalue weighted by Gasteiger charge is 2.33. The lowest BCUT2D eigenvalue weighted by Crippen LogP contribution is -2.21. The topological polar surface area (TPSA) is 26.3 Å². The lowest BCUT2D eigenvalue weighted by Gasteiger charge is -2.28. The van der Waals surface area contributed by atoms with Gasteiger partial charge in [0.15, 0.2) is 0 Å². The Morgan fingerprint density at radius 2 is 2.11 bits per heavy atom. The molecule has 2 nitrogen and oxygen atoms in total. The zero-order valence-corrected chi connectivity index (χ0v) is 12.5. The predicted octanol–water partition coefficient (Wildman–Crippen LogP) is 4.12. The molecule has 0 spiro atoms. The number of hydrogen-bond acceptors (Lipinski definition) is 2. The van der Waals surface area contributed by atoms with Gasteiger partial charge in [-0.2, -0.15) is 0 Å². The van der Waals surface area contributed by atoms with Crippen LogP contribution < -0.4 is 0 Å². The van der Waals surface area contributed by atoms with Crippen LogP contribution in [0, 0.1) is 17.3 Å². The summed E-state index contributed by atoms with van der Waals surface area (Å²) in [5.74, 6) is 0.608. The van der Waals surface area contributed by atoms with Crippen molar-refractivity contribution in [3.63, 3.8) is 0 Å². The van der Waals surface area contributed by atoms with Gasteiger partial charge in [0.1, 0.15) is 6.10 Å². The van der Waals surface area contributed by atoms with Gasteiger partial charge in [0.2, 0.25) is 0 Å². The highest BCUT2D eigenvalue weighted by atomic mass is 16.5. The first-order valence-corrected chi connectivity index (χ1v) is 6.78. The minimum Gasteiger partial charge on any atom is -0.462 e. The van der Waals surface area contributed by atoms with E-state index in [-0.39, 0.29) is 23.4 Å². The minimum absolute atomic E-state index is 0.0580. The maximum Gasteiger partial charge on any atom is 0.302 e. The van der Waals surface area contributed by atoms with Crippen molar-refractivity contribution in [2.45, 2.75) is 54.1 Å². The van der Waals surface area contributed by atoms with Gasteiger partial charge >= 0.3 is 5.97 Å². The van der Waals surface area contributed by atoms with Crippen molar-refractivity contribution in [1.29, 1.82) is 0 Å². The third kappa shape index (κ3) is 3.47. The Bertz CT molecular complexity index is 363. The van der Waals surface area contributed by atoms with Crippen LogP contribution in [0.15, 0.2) is 23.8 Å². The molecule has 0 aromatic heterocycles. The van der Waals surface area contributed by atoms with Crippen molar-refractivity contribution in [1.82, 2.24) is 0 Å². The molecule has 0 bridgehead atoms. The van der Waals surface area contributed by atoms with Crippen molar-refractivity contribution < 1.29 is 9.53 Å². The summed E-state index contributed by atoms with van der Waals surface area (Å²) in [5.41, 5.74) is 1.72. The normalized spacial score (nSPS) is 25.9. The Morgan fingerprint density at radius 3 is 2.56 bits per heavy atom. The molecule has 1 rings (SSSR count). The average Bonchev–Trinajstić information content (AvgIpc) is 2.50. The molecule has 0 saturated heterocycles. The molecule has 0 amide bonds. The molecule has 0 aromatic carbocycles. The van der Waals surface area contributed by atoms with Gasteiger partial charge in [0.25, 0.3) is 0 Å². The summed E-state index contributed by atoms with van der Waals surface area (Å²) >= 11 is 0. The van der Waals surface area contributed by atoms with Crippen LogP contribution in [0.3, 0.4) is 0 Å². The lowest BCUT2D eigenvalue weighted by molar-refractivity contribution is -0.146. The Kier molecular flexibility index (Phi) is 4.78. The van der Waals surface area contributed by atoms with E-state index in [0.29, 0.717) is 5.92 Å². The van der Waals surface area contributed by atoms with Crippen molar-refractivity contribution in [3.05, 3.63) is 23.8 Å². The molecule has 18 heavy (non-hydrogen) atoms. The van der Waals surface area contributed by atoms with Gasteiger partial charge in [-0.25, -0.2) is 0 Å². The molecule has 0 radical (unpaired) electrons. The molecular formula is C16H26O2. The summed E-state index contributed by atoms with van der Waals surface area (Å²) in [4.78, 5) is 10.9. The maximum absolute atomic E-state index is 10.9. The fourth-order valence-electron chi connectivity index (χ4n) is 2.31. The van der Waals surface area contributed by atoms with E-state index in [0.717, 1.165) is 6.42 Å². The van der Waals surface area contributed by atoms with E-state index >= 15 is 0 Å². The predicted molar refractivity (Wildman–Crippen MR) is 75.2 cm³/mol. The van der Waals surface area contributed by atoms with Gasteiger partial charge in [-0.3, -0.25) is 4.79 Å². The van der Waals surface area contributed by atoms with Crippen LogP contribution in [-0.4, -0.2) is 12.1 Å². The first kappa shape index (κ1) is 15.0. The van der Waals surface area contributed by atoms with Crippen molar-refractivity contribution in [2.75, 3.05) is 0 Å². The molecule has 0 fully saturated rings. The molecule has 0 N–H and O–H groups in total. The highest BCUT2D eigenvalue weighted by Crippen LogP contribution is 2.43. The Balaban J connectivity index is 2.58. The molecule has 3 unspecified atom stereocenters. The van der Waals surface area contributed by atoms with Gasteiger partial charge in [-0.05, 0) is 31.6 Å². The van der Waals surface area contributed by atoms with Crippen LogP contribution in [-0.2, 0) is 9.53 Å². The van der Waals surface area contributed by atoms with E-state index in [4.69, 9.17) is 4.74 Å².